The first kappa shape index (κ1) is 16.1. The van der Waals surface area contributed by atoms with Crippen LogP contribution in [-0.4, -0.2) is 18.4 Å². The van der Waals surface area contributed by atoms with Gasteiger partial charge in [0.2, 0.25) is 0 Å². The molecule has 0 spiro atoms. The van der Waals surface area contributed by atoms with Crippen LogP contribution < -0.4 is 9.01 Å². The van der Waals surface area contributed by atoms with Crippen molar-refractivity contribution in [1.29, 1.82) is 0 Å². The molecule has 2 heteroatoms. The fourth-order valence-electron chi connectivity index (χ4n) is 2.95. The summed E-state index contributed by atoms with van der Waals surface area (Å²) >= 11 is -2.18. The van der Waals surface area contributed by atoms with Crippen LogP contribution >= 0.6 is 0 Å². The van der Waals surface area contributed by atoms with Crippen molar-refractivity contribution in [3.63, 3.8) is 0 Å². The van der Waals surface area contributed by atoms with E-state index in [2.05, 4.69) is 20.8 Å². The summed E-state index contributed by atoms with van der Waals surface area (Å²) in [6, 6.07) is 3.97. The molecule has 0 saturated heterocycles. The van der Waals surface area contributed by atoms with E-state index in [1.54, 1.807) is 3.58 Å². The molecule has 0 radical (unpaired) electrons. The van der Waals surface area contributed by atoms with E-state index in [1.165, 1.54) is 51.8 Å². The first-order valence-electron chi connectivity index (χ1n) is 7.79. The summed E-state index contributed by atoms with van der Waals surface area (Å²) in [6.45, 7) is 6.88. The number of hydrogen-bond donors (Lipinski definition) is 0. The zero-order chi connectivity index (χ0) is 13.4. The van der Waals surface area contributed by atoms with E-state index >= 15 is 0 Å². The second-order valence-corrected chi connectivity index (χ2v) is 19.0. The molecular weight excluding hydrogens is 327 g/mol. The summed E-state index contributed by atoms with van der Waals surface area (Å²) < 4.78 is 5.98. The predicted octanol–water partition coefficient (Wildman–Crippen LogP) is 4.26. The van der Waals surface area contributed by atoms with Gasteiger partial charge in [-0.1, -0.05) is 0 Å². The van der Waals surface area contributed by atoms with Gasteiger partial charge in [0.1, 0.15) is 0 Å². The van der Waals surface area contributed by atoms with Gasteiger partial charge in [-0.05, 0) is 0 Å². The molecule has 0 heterocycles. The van der Waals surface area contributed by atoms with E-state index in [1.807, 2.05) is 12.1 Å². The van der Waals surface area contributed by atoms with Crippen molar-refractivity contribution in [3.05, 3.63) is 22.4 Å². The Morgan fingerprint density at radius 1 is 0.944 bits per heavy atom. The Hall–Kier alpha value is 0.0787. The summed E-state index contributed by atoms with van der Waals surface area (Å²) in [4.78, 5) is 11.3. The van der Waals surface area contributed by atoms with Gasteiger partial charge in [-0.2, -0.15) is 0 Å². The molecule has 0 N–H and O–H groups in total. The minimum atomic E-state index is -2.18. The monoisotopic (exact) mass is 357 g/mol. The second kappa shape index (κ2) is 8.29. The van der Waals surface area contributed by atoms with E-state index in [0.29, 0.717) is 0 Å². The van der Waals surface area contributed by atoms with E-state index < -0.39 is 18.4 Å². The summed E-state index contributed by atoms with van der Waals surface area (Å²) in [5.41, 5.74) is 0.274. The molecule has 0 fully saturated rings. The van der Waals surface area contributed by atoms with Gasteiger partial charge in [0.25, 0.3) is 0 Å². The van der Waals surface area contributed by atoms with Crippen LogP contribution in [0.5, 0.6) is 0 Å². The minimum absolute atomic E-state index is 0.274. The van der Waals surface area contributed by atoms with Gasteiger partial charge in [0, 0.05) is 0 Å². The Labute approximate surface area is 117 Å². The maximum absolute atomic E-state index is 11.3. The van der Waals surface area contributed by atoms with Crippen LogP contribution in [-0.2, 0) is 0 Å². The average Bonchev–Trinajstić information content (AvgIpc) is 2.35. The predicted molar refractivity (Wildman–Crippen MR) is 84.0 cm³/mol. The Morgan fingerprint density at radius 2 is 1.33 bits per heavy atom. The van der Waals surface area contributed by atoms with Crippen LogP contribution in [0, 0.1) is 0 Å². The molecule has 0 aliphatic rings. The summed E-state index contributed by atoms with van der Waals surface area (Å²) in [5, 5.41) is 0. The molecule has 0 bridgehead atoms. The Morgan fingerprint density at radius 3 is 1.61 bits per heavy atom. The maximum atomic E-state index is 11.3. The first-order valence-corrected chi connectivity index (χ1v) is 15.3. The molecule has 1 aromatic carbocycles. The normalized spacial score (nSPS) is 12.2. The van der Waals surface area contributed by atoms with Crippen molar-refractivity contribution in [2.24, 2.45) is 0 Å². The molecule has 0 aliphatic heterocycles. The molecule has 0 atom stereocenters. The second-order valence-electron chi connectivity index (χ2n) is 5.74. The standard InChI is InChI=1S/C4H2O.3C4H9.Sn/c5-4-2-1-3-4;3*1-3-4-2;/h2-3H;3*1,3-4H2,2H3;/q+1;;;;. The van der Waals surface area contributed by atoms with Gasteiger partial charge in [0.15, 0.2) is 0 Å². The average molecular weight is 356 g/mol. The Kier molecular flexibility index (Phi) is 7.43. The third-order valence-electron chi connectivity index (χ3n) is 4.23. The summed E-state index contributed by atoms with van der Waals surface area (Å²) in [7, 11) is 0. The molecule has 0 aliphatic carbocycles. The zero-order valence-electron chi connectivity index (χ0n) is 12.4. The van der Waals surface area contributed by atoms with Crippen molar-refractivity contribution < 1.29 is 0 Å². The van der Waals surface area contributed by atoms with Crippen molar-refractivity contribution in [2.45, 2.75) is 72.6 Å². The van der Waals surface area contributed by atoms with Crippen LogP contribution in [0.15, 0.2) is 16.9 Å². The molecule has 1 nitrogen and oxygen atoms in total. The van der Waals surface area contributed by atoms with Gasteiger partial charge >= 0.3 is 117 Å². The third-order valence-corrected chi connectivity index (χ3v) is 19.8. The molecule has 1 rings (SSSR count). The van der Waals surface area contributed by atoms with Gasteiger partial charge in [-0.25, -0.2) is 0 Å². The molecule has 0 unspecified atom stereocenters. The SMILES string of the molecule is CCC[CH2][Sn]([CH2]CCC)([CH2]CCC)[c]1cc(=O)[cH+]1. The van der Waals surface area contributed by atoms with Crippen molar-refractivity contribution >= 4 is 22.0 Å². The van der Waals surface area contributed by atoms with Gasteiger partial charge in [-0.15, -0.1) is 0 Å². The molecule has 18 heavy (non-hydrogen) atoms. The quantitative estimate of drug-likeness (QED) is 0.452. The van der Waals surface area contributed by atoms with E-state index in [4.69, 9.17) is 0 Å². The van der Waals surface area contributed by atoms with Crippen molar-refractivity contribution in [1.82, 2.24) is 0 Å². The molecule has 1 aromatic rings. The summed E-state index contributed by atoms with van der Waals surface area (Å²) in [5.74, 6) is 0. The molecule has 102 valence electrons. The van der Waals surface area contributed by atoms with Gasteiger partial charge in [-0.3, -0.25) is 0 Å². The number of hydrogen-bond acceptors (Lipinski definition) is 1. The van der Waals surface area contributed by atoms with Crippen LogP contribution in [0.2, 0.25) is 13.3 Å². The van der Waals surface area contributed by atoms with E-state index in [9.17, 15) is 4.79 Å². The number of rotatable bonds is 10. The van der Waals surface area contributed by atoms with Gasteiger partial charge in [0.05, 0.1) is 0 Å². The Balaban J connectivity index is 2.82. The topological polar surface area (TPSA) is 17.1 Å². The summed E-state index contributed by atoms with van der Waals surface area (Å²) in [6.07, 6.45) is 8.04. The van der Waals surface area contributed by atoms with Crippen LogP contribution in [0.1, 0.15) is 59.3 Å². The third kappa shape index (κ3) is 4.32. The van der Waals surface area contributed by atoms with Crippen LogP contribution in [0.25, 0.3) is 0 Å². The number of unbranched alkanes of at least 4 members (excludes halogenated alkanes) is 3. The van der Waals surface area contributed by atoms with Crippen molar-refractivity contribution in [3.8, 4) is 0 Å². The first-order chi connectivity index (χ1) is 8.68. The van der Waals surface area contributed by atoms with Crippen LogP contribution in [0.4, 0.5) is 0 Å². The van der Waals surface area contributed by atoms with E-state index in [-0.39, 0.29) is 5.43 Å². The van der Waals surface area contributed by atoms with Crippen LogP contribution in [0.3, 0.4) is 0 Å². The molecule has 0 amide bonds. The zero-order valence-corrected chi connectivity index (χ0v) is 15.3. The fraction of sp³-hybridized carbons (Fsp3) is 0.750. The molecular formula is C16H29OSn+. The molecule has 0 saturated carbocycles. The Bertz CT molecular complexity index is 318. The fourth-order valence-corrected chi connectivity index (χ4v) is 18.9. The van der Waals surface area contributed by atoms with Crippen molar-refractivity contribution in [2.75, 3.05) is 0 Å². The van der Waals surface area contributed by atoms with Gasteiger partial charge < -0.3 is 0 Å². The molecule has 0 aromatic heterocycles. The van der Waals surface area contributed by atoms with E-state index in [0.717, 1.165) is 0 Å².